The van der Waals surface area contributed by atoms with Gasteiger partial charge in [0.25, 0.3) is 0 Å². The predicted molar refractivity (Wildman–Crippen MR) is 126 cm³/mol. The van der Waals surface area contributed by atoms with Gasteiger partial charge in [-0.2, -0.15) is 0 Å². The number of allylic oxidation sites excluding steroid dienone is 2. The molecule has 0 atom stereocenters. The van der Waals surface area contributed by atoms with Gasteiger partial charge in [-0.1, -0.05) is 33.9 Å². The zero-order valence-corrected chi connectivity index (χ0v) is 18.3. The number of amidine groups is 1. The van der Waals surface area contributed by atoms with E-state index < -0.39 is 0 Å². The number of aliphatic imine (C=N–C) groups is 1. The number of ether oxygens (including phenoxy) is 4. The van der Waals surface area contributed by atoms with Crippen LogP contribution in [-0.2, 0) is 9.47 Å². The van der Waals surface area contributed by atoms with Gasteiger partial charge in [-0.3, -0.25) is 4.99 Å². The maximum atomic E-state index is 5.88. The molecule has 30 heavy (non-hydrogen) atoms. The fourth-order valence-electron chi connectivity index (χ4n) is 2.43. The Morgan fingerprint density at radius 2 is 1.93 bits per heavy atom. The topological polar surface area (TPSA) is 61.3 Å². The lowest BCUT2D eigenvalue weighted by molar-refractivity contribution is 0.166. The number of nitrogens with one attached hydrogen (secondary N) is 1. The summed E-state index contributed by atoms with van der Waals surface area (Å²) in [5.41, 5.74) is 1.60. The Bertz CT molecular complexity index is 739. The van der Waals surface area contributed by atoms with E-state index in [-0.39, 0.29) is 7.43 Å². The van der Waals surface area contributed by atoms with Gasteiger partial charge in [0.1, 0.15) is 30.5 Å². The van der Waals surface area contributed by atoms with Crippen LogP contribution in [0.15, 0.2) is 53.9 Å². The molecule has 1 aromatic rings. The molecule has 0 aliphatic heterocycles. The van der Waals surface area contributed by atoms with E-state index in [9.17, 15) is 0 Å². The van der Waals surface area contributed by atoms with Crippen molar-refractivity contribution in [2.75, 3.05) is 34.0 Å². The number of benzene rings is 1. The van der Waals surface area contributed by atoms with Gasteiger partial charge in [0.15, 0.2) is 11.6 Å². The van der Waals surface area contributed by atoms with Crippen LogP contribution in [0.5, 0.6) is 11.5 Å². The minimum Gasteiger partial charge on any atom is -0.497 e. The number of methoxy groups -OCH3 is 2. The van der Waals surface area contributed by atoms with E-state index in [1.165, 1.54) is 0 Å². The van der Waals surface area contributed by atoms with E-state index in [0.717, 1.165) is 30.6 Å². The molecule has 0 unspecified atom stereocenters. The molecule has 0 aromatic heterocycles. The second kappa shape index (κ2) is 15.0. The van der Waals surface area contributed by atoms with Crippen LogP contribution in [0.3, 0.4) is 0 Å². The second-order valence-corrected chi connectivity index (χ2v) is 6.33. The van der Waals surface area contributed by atoms with Crippen molar-refractivity contribution in [3.63, 3.8) is 0 Å². The lowest BCUT2D eigenvalue weighted by Gasteiger charge is -2.16. The Balaban J connectivity index is 0.00000841. The first-order valence-corrected chi connectivity index (χ1v) is 9.77. The average molecular weight is 419 g/mol. The van der Waals surface area contributed by atoms with Crippen molar-refractivity contribution in [2.24, 2.45) is 4.99 Å². The number of unbranched alkanes of at least 4 members (excludes halogenated alkanes) is 1. The van der Waals surface area contributed by atoms with Gasteiger partial charge < -0.3 is 24.3 Å². The molecular formula is C24H38N2O4. The average Bonchev–Trinajstić information content (AvgIpc) is 2.72. The van der Waals surface area contributed by atoms with Crippen molar-refractivity contribution in [3.8, 4) is 11.5 Å². The smallest absolute Gasteiger partial charge is 0.168 e. The molecule has 1 aromatic carbocycles. The molecular weight excluding hydrogens is 380 g/mol. The molecule has 6 heteroatoms. The van der Waals surface area contributed by atoms with E-state index in [2.05, 4.69) is 30.4 Å². The van der Waals surface area contributed by atoms with E-state index in [0.29, 0.717) is 42.1 Å². The Kier molecular flexibility index (Phi) is 13.6. The van der Waals surface area contributed by atoms with Gasteiger partial charge in [-0.25, -0.2) is 0 Å². The minimum absolute atomic E-state index is 0. The number of nitrogens with zero attached hydrogens (tertiary/aromatic N) is 1. The summed E-state index contributed by atoms with van der Waals surface area (Å²) >= 11 is 0. The van der Waals surface area contributed by atoms with Crippen LogP contribution in [0.25, 0.3) is 5.76 Å². The number of rotatable bonds is 13. The van der Waals surface area contributed by atoms with Crippen molar-refractivity contribution in [2.45, 2.75) is 41.0 Å². The molecule has 6 nitrogen and oxygen atoms in total. The largest absolute Gasteiger partial charge is 0.497 e. The van der Waals surface area contributed by atoms with Crippen LogP contribution in [0.4, 0.5) is 0 Å². The maximum Gasteiger partial charge on any atom is 0.168 e. The fraction of sp³-hybridized carbons (Fsp3) is 0.458. The molecule has 0 saturated heterocycles. The molecule has 1 rings (SSSR count). The van der Waals surface area contributed by atoms with Gasteiger partial charge >= 0.3 is 0 Å². The molecule has 0 heterocycles. The van der Waals surface area contributed by atoms with E-state index >= 15 is 0 Å². The molecule has 168 valence electrons. The summed E-state index contributed by atoms with van der Waals surface area (Å²) in [6.45, 7) is 15.2. The fourth-order valence-corrected chi connectivity index (χ4v) is 2.43. The van der Waals surface area contributed by atoms with E-state index in [4.69, 9.17) is 18.9 Å². The third kappa shape index (κ3) is 9.07. The molecule has 0 saturated carbocycles. The molecule has 0 aliphatic rings. The monoisotopic (exact) mass is 418 g/mol. The lowest BCUT2D eigenvalue weighted by atomic mass is 10.1. The number of hydrogen-bond acceptors (Lipinski definition) is 5. The van der Waals surface area contributed by atoms with Crippen molar-refractivity contribution < 1.29 is 18.9 Å². The Morgan fingerprint density at radius 3 is 2.50 bits per heavy atom. The summed E-state index contributed by atoms with van der Waals surface area (Å²) in [5, 5.41) is 3.17. The maximum absolute atomic E-state index is 5.88. The summed E-state index contributed by atoms with van der Waals surface area (Å²) in [4.78, 5) is 4.59. The molecule has 0 spiro atoms. The SMILES string of the molecule is C.C=C(C)NC(=NCCCC)/C(=C\C)OCCOc1ccc(C(=C)OC)c(OC)c1. The molecule has 0 fully saturated rings. The van der Waals surface area contributed by atoms with Crippen LogP contribution < -0.4 is 14.8 Å². The van der Waals surface area contributed by atoms with Crippen LogP contribution in [0.1, 0.15) is 46.6 Å². The summed E-state index contributed by atoms with van der Waals surface area (Å²) < 4.78 is 22.2. The standard InChI is InChI=1S/C23H34N2O4.CH4/c1-8-10-13-24-23(25-17(3)4)21(9-2)29-15-14-28-19-11-12-20(18(5)26-6)22(16-19)27-7;/h9,11-12,16H,3,5,8,10,13-15H2,1-2,4,6-7H3,(H,24,25);1H4/b21-9+;. The third-order valence-corrected chi connectivity index (χ3v) is 3.94. The molecule has 0 amide bonds. The highest BCUT2D eigenvalue weighted by Gasteiger charge is 2.10. The van der Waals surface area contributed by atoms with Crippen LogP contribution in [0, 0.1) is 0 Å². The van der Waals surface area contributed by atoms with Crippen molar-refractivity contribution in [3.05, 3.63) is 54.5 Å². The van der Waals surface area contributed by atoms with E-state index in [1.807, 2.05) is 32.1 Å². The molecule has 0 radical (unpaired) electrons. The van der Waals surface area contributed by atoms with Gasteiger partial charge in [-0.15, -0.1) is 0 Å². The van der Waals surface area contributed by atoms with Gasteiger partial charge in [-0.05, 0) is 38.5 Å². The molecule has 0 bridgehead atoms. The summed E-state index contributed by atoms with van der Waals surface area (Å²) in [6.07, 6.45) is 3.99. The first-order valence-electron chi connectivity index (χ1n) is 9.77. The summed E-state index contributed by atoms with van der Waals surface area (Å²) in [6, 6.07) is 5.50. The summed E-state index contributed by atoms with van der Waals surface area (Å²) in [7, 11) is 3.17. The van der Waals surface area contributed by atoms with Gasteiger partial charge in [0.2, 0.25) is 0 Å². The highest BCUT2D eigenvalue weighted by atomic mass is 16.5. The number of hydrogen-bond donors (Lipinski definition) is 1. The quantitative estimate of drug-likeness (QED) is 0.196. The normalized spacial score (nSPS) is 11.2. The second-order valence-electron chi connectivity index (χ2n) is 6.33. The zero-order chi connectivity index (χ0) is 21.6. The third-order valence-electron chi connectivity index (χ3n) is 3.94. The van der Waals surface area contributed by atoms with Crippen LogP contribution in [-0.4, -0.2) is 39.8 Å². The van der Waals surface area contributed by atoms with Crippen LogP contribution >= 0.6 is 0 Å². The van der Waals surface area contributed by atoms with Crippen LogP contribution in [0.2, 0.25) is 0 Å². The van der Waals surface area contributed by atoms with E-state index in [1.54, 1.807) is 20.3 Å². The first-order chi connectivity index (χ1) is 14.0. The van der Waals surface area contributed by atoms with Crippen molar-refractivity contribution in [1.29, 1.82) is 0 Å². The van der Waals surface area contributed by atoms with Crippen molar-refractivity contribution >= 4 is 11.6 Å². The minimum atomic E-state index is 0. The molecule has 0 aliphatic carbocycles. The highest BCUT2D eigenvalue weighted by Crippen LogP contribution is 2.29. The first kappa shape index (κ1) is 27.1. The predicted octanol–water partition coefficient (Wildman–Crippen LogP) is 5.57. The van der Waals surface area contributed by atoms with Gasteiger partial charge in [0, 0.05) is 18.3 Å². The highest BCUT2D eigenvalue weighted by molar-refractivity contribution is 5.97. The Morgan fingerprint density at radius 1 is 1.20 bits per heavy atom. The Hall–Kier alpha value is -2.89. The lowest BCUT2D eigenvalue weighted by Crippen LogP contribution is -2.26. The summed E-state index contributed by atoms with van der Waals surface area (Å²) in [5.74, 6) is 3.22. The molecule has 1 N–H and O–H groups in total. The Labute approximate surface area is 182 Å². The van der Waals surface area contributed by atoms with Crippen molar-refractivity contribution in [1.82, 2.24) is 5.32 Å². The van der Waals surface area contributed by atoms with Gasteiger partial charge in [0.05, 0.1) is 19.8 Å². The zero-order valence-electron chi connectivity index (χ0n) is 18.3.